The van der Waals surface area contributed by atoms with E-state index in [-0.39, 0.29) is 35.1 Å². The molecule has 1 amide bonds. The fourth-order valence-electron chi connectivity index (χ4n) is 3.04. The zero-order valence-corrected chi connectivity index (χ0v) is 15.9. The smallest absolute Gasteiger partial charge is 0.223 e. The van der Waals surface area contributed by atoms with Crippen LogP contribution in [0.3, 0.4) is 0 Å². The Balaban J connectivity index is 2.05. The minimum absolute atomic E-state index is 0.0316. The highest BCUT2D eigenvalue weighted by molar-refractivity contribution is 7.91. The molecule has 0 bridgehead atoms. The maximum absolute atomic E-state index is 12.5. The Morgan fingerprint density at radius 2 is 1.76 bits per heavy atom. The molecule has 0 spiro atoms. The first-order chi connectivity index (χ1) is 11.8. The summed E-state index contributed by atoms with van der Waals surface area (Å²) in [6.07, 6.45) is -0.0316. The number of nitrogens with zero attached hydrogens (tertiary/aromatic N) is 1. The summed E-state index contributed by atoms with van der Waals surface area (Å²) in [7, 11) is -0.642. The standard InChI is InChI=1S/C17H26N2O5S/c1-12-10-19(11-13(2)18-12)17(20)7-8-25(21,22)14-5-6-15(23-3)16(9-14)24-4/h5-6,9,12-13,18H,7-8,10-11H2,1-4H3. The fourth-order valence-corrected chi connectivity index (χ4v) is 4.28. The molecule has 0 aliphatic carbocycles. The average Bonchev–Trinajstić information content (AvgIpc) is 2.58. The lowest BCUT2D eigenvalue weighted by Gasteiger charge is -2.36. The monoisotopic (exact) mass is 370 g/mol. The largest absolute Gasteiger partial charge is 0.493 e. The van der Waals surface area contributed by atoms with Gasteiger partial charge in [-0.1, -0.05) is 0 Å². The number of piperazine rings is 1. The van der Waals surface area contributed by atoms with E-state index in [4.69, 9.17) is 9.47 Å². The van der Waals surface area contributed by atoms with E-state index in [0.29, 0.717) is 24.6 Å². The van der Waals surface area contributed by atoms with Crippen molar-refractivity contribution in [1.82, 2.24) is 10.2 Å². The second-order valence-electron chi connectivity index (χ2n) is 6.35. The van der Waals surface area contributed by atoms with Gasteiger partial charge in [-0.3, -0.25) is 4.79 Å². The molecule has 1 fully saturated rings. The number of nitrogens with one attached hydrogen (secondary N) is 1. The molecule has 1 aromatic carbocycles. The Morgan fingerprint density at radius 1 is 1.16 bits per heavy atom. The maximum atomic E-state index is 12.5. The van der Waals surface area contributed by atoms with Gasteiger partial charge in [0.1, 0.15) is 0 Å². The van der Waals surface area contributed by atoms with E-state index < -0.39 is 9.84 Å². The number of ether oxygens (including phenoxy) is 2. The summed E-state index contributed by atoms with van der Waals surface area (Å²) < 4.78 is 35.3. The van der Waals surface area contributed by atoms with Crippen LogP contribution in [0.25, 0.3) is 0 Å². The zero-order valence-electron chi connectivity index (χ0n) is 15.1. The number of carbonyl (C=O) groups is 1. The van der Waals surface area contributed by atoms with Crippen LogP contribution in [0.15, 0.2) is 23.1 Å². The van der Waals surface area contributed by atoms with Gasteiger partial charge in [-0.05, 0) is 26.0 Å². The van der Waals surface area contributed by atoms with Gasteiger partial charge in [-0.15, -0.1) is 0 Å². The number of amides is 1. The van der Waals surface area contributed by atoms with Crippen LogP contribution < -0.4 is 14.8 Å². The minimum Gasteiger partial charge on any atom is -0.493 e. The minimum atomic E-state index is -3.58. The highest BCUT2D eigenvalue weighted by Gasteiger charge is 2.26. The lowest BCUT2D eigenvalue weighted by molar-refractivity contribution is -0.132. The van der Waals surface area contributed by atoms with E-state index in [0.717, 1.165) is 0 Å². The Kier molecular flexibility index (Phi) is 6.29. The number of hydrogen-bond donors (Lipinski definition) is 1. The van der Waals surface area contributed by atoms with Crippen LogP contribution in [0.4, 0.5) is 0 Å². The summed E-state index contributed by atoms with van der Waals surface area (Å²) in [6.45, 7) is 5.21. The topological polar surface area (TPSA) is 84.9 Å². The van der Waals surface area contributed by atoms with Gasteiger partial charge in [0.15, 0.2) is 21.3 Å². The summed E-state index contributed by atoms with van der Waals surface area (Å²) >= 11 is 0. The number of methoxy groups -OCH3 is 2. The molecule has 1 N–H and O–H groups in total. The summed E-state index contributed by atoms with van der Waals surface area (Å²) in [5, 5.41) is 3.35. The van der Waals surface area contributed by atoms with Gasteiger partial charge < -0.3 is 19.7 Å². The summed E-state index contributed by atoms with van der Waals surface area (Å²) in [4.78, 5) is 14.2. The van der Waals surface area contributed by atoms with Crippen LogP contribution in [0.5, 0.6) is 11.5 Å². The molecule has 0 radical (unpaired) electrons. The molecule has 2 rings (SSSR count). The van der Waals surface area contributed by atoms with Crippen molar-refractivity contribution in [1.29, 1.82) is 0 Å². The number of benzene rings is 1. The molecule has 1 aliphatic rings. The molecule has 7 nitrogen and oxygen atoms in total. The molecule has 1 heterocycles. The molecule has 1 aromatic rings. The highest BCUT2D eigenvalue weighted by Crippen LogP contribution is 2.30. The van der Waals surface area contributed by atoms with Gasteiger partial charge in [-0.2, -0.15) is 0 Å². The molecule has 0 aromatic heterocycles. The third-order valence-electron chi connectivity index (χ3n) is 4.21. The van der Waals surface area contributed by atoms with Crippen LogP contribution in [-0.4, -0.2) is 64.4 Å². The van der Waals surface area contributed by atoms with Gasteiger partial charge >= 0.3 is 0 Å². The quantitative estimate of drug-likeness (QED) is 0.806. The normalized spacial score (nSPS) is 21.0. The van der Waals surface area contributed by atoms with Gasteiger partial charge in [0.2, 0.25) is 5.91 Å². The van der Waals surface area contributed by atoms with E-state index >= 15 is 0 Å². The van der Waals surface area contributed by atoms with E-state index in [1.807, 2.05) is 13.8 Å². The molecule has 2 unspecified atom stereocenters. The highest BCUT2D eigenvalue weighted by atomic mass is 32.2. The summed E-state index contributed by atoms with van der Waals surface area (Å²) in [6, 6.07) is 4.85. The number of carbonyl (C=O) groups excluding carboxylic acids is 1. The van der Waals surface area contributed by atoms with E-state index in [9.17, 15) is 13.2 Å². The summed E-state index contributed by atoms with van der Waals surface area (Å²) in [5.74, 6) is 0.443. The maximum Gasteiger partial charge on any atom is 0.223 e. The van der Waals surface area contributed by atoms with Crippen LogP contribution in [0, 0.1) is 0 Å². The first-order valence-corrected chi connectivity index (χ1v) is 9.90. The van der Waals surface area contributed by atoms with Crippen molar-refractivity contribution >= 4 is 15.7 Å². The lowest BCUT2D eigenvalue weighted by Crippen LogP contribution is -2.56. The van der Waals surface area contributed by atoms with Gasteiger partial charge in [0.25, 0.3) is 0 Å². The number of rotatable bonds is 6. The molecule has 2 atom stereocenters. The number of sulfone groups is 1. The van der Waals surface area contributed by atoms with Crippen LogP contribution in [0.2, 0.25) is 0 Å². The summed E-state index contributed by atoms with van der Waals surface area (Å²) in [5.41, 5.74) is 0. The van der Waals surface area contributed by atoms with Crippen molar-refractivity contribution < 1.29 is 22.7 Å². The molecule has 140 valence electrons. The van der Waals surface area contributed by atoms with Crippen molar-refractivity contribution in [2.45, 2.75) is 37.2 Å². The van der Waals surface area contributed by atoms with E-state index in [1.165, 1.54) is 26.4 Å². The van der Waals surface area contributed by atoms with Gasteiger partial charge in [0, 0.05) is 37.7 Å². The van der Waals surface area contributed by atoms with Crippen molar-refractivity contribution in [3.63, 3.8) is 0 Å². The second kappa shape index (κ2) is 8.05. The third kappa shape index (κ3) is 4.85. The average molecular weight is 370 g/mol. The fraction of sp³-hybridized carbons (Fsp3) is 0.588. The molecular formula is C17H26N2O5S. The van der Waals surface area contributed by atoms with Crippen LogP contribution >= 0.6 is 0 Å². The van der Waals surface area contributed by atoms with E-state index in [1.54, 1.807) is 11.0 Å². The predicted molar refractivity (Wildman–Crippen MR) is 94.9 cm³/mol. The second-order valence-corrected chi connectivity index (χ2v) is 8.46. The van der Waals surface area contributed by atoms with Crippen molar-refractivity contribution in [2.24, 2.45) is 0 Å². The van der Waals surface area contributed by atoms with Gasteiger partial charge in [-0.25, -0.2) is 8.42 Å². The first-order valence-electron chi connectivity index (χ1n) is 8.25. The zero-order chi connectivity index (χ0) is 18.6. The van der Waals surface area contributed by atoms with E-state index in [2.05, 4.69) is 5.32 Å². The SMILES string of the molecule is COc1ccc(S(=O)(=O)CCC(=O)N2CC(C)NC(C)C2)cc1OC. The predicted octanol–water partition coefficient (Wildman–Crippen LogP) is 1.08. The Hall–Kier alpha value is -1.80. The van der Waals surface area contributed by atoms with Crippen LogP contribution in [-0.2, 0) is 14.6 Å². The number of hydrogen-bond acceptors (Lipinski definition) is 6. The first kappa shape index (κ1) is 19.5. The third-order valence-corrected chi connectivity index (χ3v) is 5.92. The lowest BCUT2D eigenvalue weighted by atomic mass is 10.1. The molecule has 0 saturated carbocycles. The molecule has 8 heteroatoms. The van der Waals surface area contributed by atoms with Crippen molar-refractivity contribution in [2.75, 3.05) is 33.1 Å². The Morgan fingerprint density at radius 3 is 2.32 bits per heavy atom. The Labute approximate surface area is 149 Å². The molecule has 1 saturated heterocycles. The Bertz CT molecular complexity index is 710. The van der Waals surface area contributed by atoms with Crippen molar-refractivity contribution in [3.8, 4) is 11.5 Å². The van der Waals surface area contributed by atoms with Crippen molar-refractivity contribution in [3.05, 3.63) is 18.2 Å². The van der Waals surface area contributed by atoms with Crippen LogP contribution in [0.1, 0.15) is 20.3 Å². The van der Waals surface area contributed by atoms with Gasteiger partial charge in [0.05, 0.1) is 24.9 Å². The molecule has 1 aliphatic heterocycles. The molecular weight excluding hydrogens is 344 g/mol. The molecule has 25 heavy (non-hydrogen) atoms.